The van der Waals surface area contributed by atoms with Crippen LogP contribution in [-0.4, -0.2) is 109 Å². The molecule has 3 saturated heterocycles. The number of rotatable bonds is 10. The Morgan fingerprint density at radius 2 is 1.49 bits per heavy atom. The summed E-state index contributed by atoms with van der Waals surface area (Å²) in [5, 5.41) is 9.10. The van der Waals surface area contributed by atoms with Crippen LogP contribution in [0.4, 0.5) is 33.3 Å². The van der Waals surface area contributed by atoms with Crippen molar-refractivity contribution in [2.24, 2.45) is 0 Å². The number of nitrogens with one attached hydrogen (secondary N) is 3. The minimum atomic E-state index is -1.13. The molecule has 4 amide bonds. The number of piperidine rings is 2. The molecule has 3 N–H and O–H groups in total. The van der Waals surface area contributed by atoms with Gasteiger partial charge in [-0.15, -0.1) is 0 Å². The first-order valence-electron chi connectivity index (χ1n) is 21.5. The lowest BCUT2D eigenvalue weighted by atomic mass is 10.00. The zero-order valence-electron chi connectivity index (χ0n) is 33.9. The lowest BCUT2D eigenvalue weighted by Gasteiger charge is -2.43. The first-order chi connectivity index (χ1) is 29.8. The largest absolute Gasteiger partial charge is 0.369 e. The topological polar surface area (TPSA) is 161 Å². The quantitative estimate of drug-likeness (QED) is 0.147. The van der Waals surface area contributed by atoms with E-state index in [1.54, 1.807) is 12.3 Å². The van der Waals surface area contributed by atoms with Crippen molar-refractivity contribution in [3.8, 4) is 0 Å². The smallest absolute Gasteiger partial charge is 0.265 e. The minimum Gasteiger partial charge on any atom is -0.369 e. The molecule has 0 bridgehead atoms. The Balaban J connectivity index is 0.721. The van der Waals surface area contributed by atoms with E-state index in [9.17, 15) is 19.2 Å². The highest BCUT2D eigenvalue weighted by molar-refractivity contribution is 6.23. The summed E-state index contributed by atoms with van der Waals surface area (Å²) in [6.45, 7) is 5.89. The second kappa shape index (κ2) is 16.3. The van der Waals surface area contributed by atoms with Gasteiger partial charge in [0.2, 0.25) is 23.7 Å². The second-order valence-corrected chi connectivity index (χ2v) is 16.8. The summed E-state index contributed by atoms with van der Waals surface area (Å²) < 4.78 is 17.6. The monoisotopic (exact) mass is 825 g/mol. The van der Waals surface area contributed by atoms with Gasteiger partial charge in [-0.05, 0) is 99.3 Å². The summed E-state index contributed by atoms with van der Waals surface area (Å²) >= 11 is 0. The van der Waals surface area contributed by atoms with Gasteiger partial charge in [0.15, 0.2) is 5.65 Å². The Bertz CT molecular complexity index is 2490. The maximum Gasteiger partial charge on any atom is 0.265 e. The number of aromatic nitrogens is 4. The maximum atomic E-state index is 15.4. The third kappa shape index (κ3) is 7.69. The molecule has 1 saturated carbocycles. The van der Waals surface area contributed by atoms with Crippen LogP contribution in [0.5, 0.6) is 0 Å². The highest BCUT2D eigenvalue weighted by Gasteiger charge is 2.46. The predicted octanol–water partition coefficient (Wildman–Crippen LogP) is 5.76. The molecule has 0 spiro atoms. The lowest BCUT2D eigenvalue weighted by Crippen LogP contribution is -2.54. The van der Waals surface area contributed by atoms with Crippen molar-refractivity contribution in [1.29, 1.82) is 0 Å². The molecular weight excluding hydrogens is 778 g/mol. The first kappa shape index (κ1) is 38.9. The van der Waals surface area contributed by atoms with Crippen molar-refractivity contribution >= 4 is 63.8 Å². The number of likely N-dealkylation sites (tertiary alicyclic amines) is 1. The van der Waals surface area contributed by atoms with Crippen molar-refractivity contribution in [1.82, 2.24) is 39.5 Å². The van der Waals surface area contributed by atoms with Crippen molar-refractivity contribution in [2.45, 2.75) is 76.0 Å². The minimum absolute atomic E-state index is 0.00896. The molecule has 1 aliphatic carbocycles. The molecule has 16 heteroatoms. The molecular formula is C45H48FN11O4. The molecule has 1 unspecified atom stereocenters. The van der Waals surface area contributed by atoms with E-state index in [-0.39, 0.29) is 24.0 Å². The van der Waals surface area contributed by atoms with Crippen LogP contribution in [0.1, 0.15) is 83.7 Å². The third-order valence-electron chi connectivity index (χ3n) is 13.0. The van der Waals surface area contributed by atoms with E-state index in [0.29, 0.717) is 30.1 Å². The Labute approximate surface area is 352 Å². The number of anilines is 5. The third-order valence-corrected chi connectivity index (χ3v) is 13.0. The van der Waals surface area contributed by atoms with Gasteiger partial charge >= 0.3 is 0 Å². The summed E-state index contributed by atoms with van der Waals surface area (Å²) in [6.07, 6.45) is 8.40. The number of hydrogen-bond acceptors (Lipinski definition) is 12. The SMILES string of the molecule is O=C1CCC(N2C(=O)c3cc(CN4CCC(N5CCN(c6ccc(Nc7ncc8nc(Nc9ccccc9)n(C9CCCC9)c8n7)cc6)CC5)CC4)cc(F)c3C2=O)C(=O)N1. The van der Waals surface area contributed by atoms with Crippen LogP contribution in [-0.2, 0) is 16.1 Å². The Morgan fingerprint density at radius 1 is 0.754 bits per heavy atom. The van der Waals surface area contributed by atoms with E-state index in [2.05, 4.69) is 64.5 Å². The number of nitrogens with zero attached hydrogens (tertiary/aromatic N) is 8. The summed E-state index contributed by atoms with van der Waals surface area (Å²) in [5.74, 6) is -2.13. The molecule has 1 atom stereocenters. The number of hydrogen-bond donors (Lipinski definition) is 3. The van der Waals surface area contributed by atoms with Crippen LogP contribution in [0.2, 0.25) is 0 Å². The number of benzene rings is 3. The molecule has 61 heavy (non-hydrogen) atoms. The van der Waals surface area contributed by atoms with Crippen LogP contribution in [0.3, 0.4) is 0 Å². The summed E-state index contributed by atoms with van der Waals surface area (Å²) in [6, 6.07) is 21.1. The first-order valence-corrected chi connectivity index (χ1v) is 21.5. The molecule has 5 aromatic rings. The maximum absolute atomic E-state index is 15.4. The van der Waals surface area contributed by atoms with E-state index < -0.39 is 35.5 Å². The van der Waals surface area contributed by atoms with Gasteiger partial charge in [0.1, 0.15) is 17.4 Å². The van der Waals surface area contributed by atoms with Crippen LogP contribution >= 0.6 is 0 Å². The van der Waals surface area contributed by atoms with E-state index in [1.165, 1.54) is 24.6 Å². The zero-order valence-corrected chi connectivity index (χ0v) is 33.9. The van der Waals surface area contributed by atoms with Crippen molar-refractivity contribution in [3.63, 3.8) is 0 Å². The van der Waals surface area contributed by atoms with Crippen molar-refractivity contribution in [3.05, 3.63) is 95.4 Å². The molecule has 4 fully saturated rings. The molecule has 5 aliphatic rings. The van der Waals surface area contributed by atoms with E-state index in [4.69, 9.17) is 9.97 Å². The average molecular weight is 826 g/mol. The molecule has 4 aliphatic heterocycles. The van der Waals surface area contributed by atoms with Crippen molar-refractivity contribution < 1.29 is 23.6 Å². The number of imide groups is 2. The van der Waals surface area contributed by atoms with Crippen LogP contribution < -0.4 is 20.9 Å². The standard InChI is InChI=1S/C45H48FN11O4/c46-35-25-28(24-34-39(35)43(61)57(42(34)60)37-14-15-38(58)51-41(37)59)27-53-18-16-32(17-19-53)55-22-20-54(21-23-55)31-12-10-30(11-13-31)48-44-47-26-36-40(52-44)56(33-8-4-5-9-33)45(50-36)49-29-6-2-1-3-7-29/h1-3,6-7,10-13,24-26,32-33,37H,4-5,8-9,14-23,27H2,(H,49,50)(H,47,48,52)(H,51,58,59). The number of carbonyl (C=O) groups excluding carboxylic acids is 4. The van der Waals surface area contributed by atoms with Crippen LogP contribution in [0.15, 0.2) is 72.9 Å². The van der Waals surface area contributed by atoms with Crippen LogP contribution in [0, 0.1) is 5.82 Å². The van der Waals surface area contributed by atoms with E-state index in [0.717, 1.165) is 98.3 Å². The molecule has 3 aromatic carbocycles. The van der Waals surface area contributed by atoms with Gasteiger partial charge in [-0.1, -0.05) is 31.0 Å². The van der Waals surface area contributed by atoms with Gasteiger partial charge in [0.25, 0.3) is 11.8 Å². The highest BCUT2D eigenvalue weighted by Crippen LogP contribution is 2.36. The predicted molar refractivity (Wildman–Crippen MR) is 227 cm³/mol. The number of imidazole rings is 1. The number of amides is 4. The van der Waals surface area contributed by atoms with E-state index in [1.807, 2.05) is 30.3 Å². The highest BCUT2D eigenvalue weighted by atomic mass is 19.1. The molecule has 314 valence electrons. The fourth-order valence-electron chi connectivity index (χ4n) is 9.82. The van der Waals surface area contributed by atoms with E-state index >= 15 is 4.39 Å². The molecule has 2 aromatic heterocycles. The summed E-state index contributed by atoms with van der Waals surface area (Å²) in [7, 11) is 0. The fourth-order valence-corrected chi connectivity index (χ4v) is 9.82. The Hall–Kier alpha value is -6.26. The van der Waals surface area contributed by atoms with Gasteiger partial charge in [0, 0.05) is 68.3 Å². The van der Waals surface area contributed by atoms with Crippen LogP contribution in [0.25, 0.3) is 11.2 Å². The summed E-state index contributed by atoms with van der Waals surface area (Å²) in [4.78, 5) is 73.0. The fraction of sp³-hybridized carbons (Fsp3) is 0.400. The molecule has 15 nitrogen and oxygen atoms in total. The Morgan fingerprint density at radius 3 is 2.23 bits per heavy atom. The van der Waals surface area contributed by atoms with Gasteiger partial charge in [-0.2, -0.15) is 4.98 Å². The second-order valence-electron chi connectivity index (χ2n) is 16.8. The molecule has 6 heterocycles. The zero-order chi connectivity index (χ0) is 41.6. The number of halogens is 1. The van der Waals surface area contributed by atoms with Gasteiger partial charge < -0.3 is 15.5 Å². The van der Waals surface area contributed by atoms with Gasteiger partial charge in [0.05, 0.1) is 17.3 Å². The molecule has 10 rings (SSSR count). The normalized spacial score (nSPS) is 20.8. The average Bonchev–Trinajstić information content (AvgIpc) is 3.98. The van der Waals surface area contributed by atoms with Crippen molar-refractivity contribution in [2.75, 3.05) is 54.8 Å². The number of para-hydroxylation sites is 1. The summed E-state index contributed by atoms with van der Waals surface area (Å²) in [5.41, 5.74) is 4.96. The number of carbonyl (C=O) groups is 4. The Kier molecular flexibility index (Phi) is 10.4. The van der Waals surface area contributed by atoms with Gasteiger partial charge in [-0.25, -0.2) is 14.4 Å². The number of fused-ring (bicyclic) bond motifs is 2. The van der Waals surface area contributed by atoms with Gasteiger partial charge in [-0.3, -0.25) is 43.8 Å². The lowest BCUT2D eigenvalue weighted by molar-refractivity contribution is -0.136. The number of piperazine rings is 1. The molecule has 0 radical (unpaired) electrons.